The predicted octanol–water partition coefficient (Wildman–Crippen LogP) is 3.64. The fourth-order valence-corrected chi connectivity index (χ4v) is 2.11. The molecule has 7 heteroatoms. The molecule has 0 bridgehead atoms. The molecule has 0 unspecified atom stereocenters. The number of nitrogens with one attached hydrogen (secondary N) is 1. The topological polar surface area (TPSA) is 59.9 Å². The van der Waals surface area contributed by atoms with Crippen molar-refractivity contribution in [2.75, 3.05) is 13.7 Å². The summed E-state index contributed by atoms with van der Waals surface area (Å²) in [5.41, 5.74) is 3.18. The van der Waals surface area contributed by atoms with Crippen LogP contribution >= 0.6 is 27.5 Å². The molecule has 0 saturated heterocycles. The van der Waals surface area contributed by atoms with E-state index in [0.29, 0.717) is 16.5 Å². The van der Waals surface area contributed by atoms with Crippen LogP contribution in [0.1, 0.15) is 5.56 Å². The highest BCUT2D eigenvalue weighted by Gasteiger charge is 2.02. The van der Waals surface area contributed by atoms with Gasteiger partial charge in [0.05, 0.1) is 13.3 Å². The number of halogens is 2. The van der Waals surface area contributed by atoms with Crippen LogP contribution in [0.4, 0.5) is 0 Å². The molecule has 120 valence electrons. The Hall–Kier alpha value is -2.05. The minimum atomic E-state index is -0.366. The Bertz CT molecular complexity index is 705. The standard InChI is InChI=1S/C16H14BrClN2O3/c1-22-14-6-7-15(17)11(8-14)9-19-20-16(21)10-23-13-4-2-12(18)3-5-13/h2-9H,10H2,1H3,(H,20,21)/b19-9+. The number of hydrazone groups is 1. The SMILES string of the molecule is COc1ccc(Br)c(/C=N/NC(=O)COc2ccc(Cl)cc2)c1. The van der Waals surface area contributed by atoms with Crippen LogP contribution in [0, 0.1) is 0 Å². The smallest absolute Gasteiger partial charge is 0.277 e. The van der Waals surface area contributed by atoms with Gasteiger partial charge in [-0.2, -0.15) is 5.10 Å². The molecule has 0 aromatic heterocycles. The molecule has 0 aliphatic carbocycles. The zero-order valence-corrected chi connectivity index (χ0v) is 14.6. The molecule has 5 nitrogen and oxygen atoms in total. The van der Waals surface area contributed by atoms with Crippen LogP contribution in [-0.2, 0) is 4.79 Å². The van der Waals surface area contributed by atoms with Gasteiger partial charge in [0.15, 0.2) is 6.61 Å². The van der Waals surface area contributed by atoms with E-state index in [-0.39, 0.29) is 12.5 Å². The van der Waals surface area contributed by atoms with Crippen molar-refractivity contribution in [3.8, 4) is 11.5 Å². The lowest BCUT2D eigenvalue weighted by Gasteiger charge is -2.05. The lowest BCUT2D eigenvalue weighted by molar-refractivity contribution is -0.123. The number of carbonyl (C=O) groups is 1. The molecule has 0 spiro atoms. The zero-order valence-electron chi connectivity index (χ0n) is 12.3. The van der Waals surface area contributed by atoms with Gasteiger partial charge in [0.25, 0.3) is 5.91 Å². The van der Waals surface area contributed by atoms with Crippen molar-refractivity contribution in [2.24, 2.45) is 5.10 Å². The van der Waals surface area contributed by atoms with Crippen molar-refractivity contribution in [3.63, 3.8) is 0 Å². The Labute approximate surface area is 147 Å². The van der Waals surface area contributed by atoms with E-state index in [9.17, 15) is 4.79 Å². The van der Waals surface area contributed by atoms with Crippen molar-refractivity contribution in [3.05, 3.63) is 57.5 Å². The summed E-state index contributed by atoms with van der Waals surface area (Å²) in [4.78, 5) is 11.7. The van der Waals surface area contributed by atoms with Gasteiger partial charge in [-0.25, -0.2) is 5.43 Å². The zero-order chi connectivity index (χ0) is 16.7. The van der Waals surface area contributed by atoms with Crippen LogP contribution in [0.2, 0.25) is 5.02 Å². The first-order valence-electron chi connectivity index (χ1n) is 6.62. The summed E-state index contributed by atoms with van der Waals surface area (Å²) in [5.74, 6) is 0.895. The Balaban J connectivity index is 1.85. The van der Waals surface area contributed by atoms with Gasteiger partial charge < -0.3 is 9.47 Å². The highest BCUT2D eigenvalue weighted by Crippen LogP contribution is 2.20. The molecule has 23 heavy (non-hydrogen) atoms. The normalized spacial score (nSPS) is 10.6. The van der Waals surface area contributed by atoms with Crippen LogP contribution in [-0.4, -0.2) is 25.8 Å². The molecule has 0 aliphatic rings. The molecule has 0 heterocycles. The van der Waals surface area contributed by atoms with Crippen LogP contribution in [0.25, 0.3) is 0 Å². The molecule has 2 aromatic carbocycles. The fraction of sp³-hybridized carbons (Fsp3) is 0.125. The van der Waals surface area contributed by atoms with Crippen LogP contribution in [0.5, 0.6) is 11.5 Å². The number of hydrogen-bond donors (Lipinski definition) is 1. The number of hydrogen-bond acceptors (Lipinski definition) is 4. The maximum atomic E-state index is 11.7. The first kappa shape index (κ1) is 17.3. The van der Waals surface area contributed by atoms with Gasteiger partial charge in [0.2, 0.25) is 0 Å². The summed E-state index contributed by atoms with van der Waals surface area (Å²) < 4.78 is 11.3. The molecule has 0 saturated carbocycles. The summed E-state index contributed by atoms with van der Waals surface area (Å²) in [6, 6.07) is 12.2. The number of rotatable bonds is 6. The Morgan fingerprint density at radius 1 is 1.26 bits per heavy atom. The highest BCUT2D eigenvalue weighted by molar-refractivity contribution is 9.10. The number of amides is 1. The number of methoxy groups -OCH3 is 1. The molecule has 0 aliphatic heterocycles. The van der Waals surface area contributed by atoms with Gasteiger partial charge in [0.1, 0.15) is 11.5 Å². The third-order valence-electron chi connectivity index (χ3n) is 2.78. The van der Waals surface area contributed by atoms with E-state index >= 15 is 0 Å². The summed E-state index contributed by atoms with van der Waals surface area (Å²) >= 11 is 9.17. The van der Waals surface area contributed by atoms with Crippen LogP contribution in [0.3, 0.4) is 0 Å². The predicted molar refractivity (Wildman–Crippen MR) is 93.4 cm³/mol. The lowest BCUT2D eigenvalue weighted by Crippen LogP contribution is -2.24. The first-order valence-corrected chi connectivity index (χ1v) is 7.79. The third-order valence-corrected chi connectivity index (χ3v) is 3.75. The molecule has 1 amide bonds. The third kappa shape index (κ3) is 5.58. The fourth-order valence-electron chi connectivity index (χ4n) is 1.63. The molecule has 1 N–H and O–H groups in total. The van der Waals surface area contributed by atoms with Gasteiger partial charge in [0, 0.05) is 15.1 Å². The number of nitrogens with zero attached hydrogens (tertiary/aromatic N) is 1. The highest BCUT2D eigenvalue weighted by atomic mass is 79.9. The molecule has 2 rings (SSSR count). The van der Waals surface area contributed by atoms with Crippen molar-refractivity contribution in [2.45, 2.75) is 0 Å². The number of benzene rings is 2. The largest absolute Gasteiger partial charge is 0.497 e. The van der Waals surface area contributed by atoms with E-state index in [1.54, 1.807) is 37.4 Å². The van der Waals surface area contributed by atoms with Gasteiger partial charge in [-0.1, -0.05) is 27.5 Å². The minimum absolute atomic E-state index is 0.141. The molecule has 0 atom stereocenters. The second-order valence-electron chi connectivity index (χ2n) is 4.42. The van der Waals surface area contributed by atoms with Crippen LogP contribution in [0.15, 0.2) is 52.0 Å². The molecular weight excluding hydrogens is 384 g/mol. The van der Waals surface area contributed by atoms with Gasteiger partial charge in [-0.05, 0) is 42.5 Å². The molecule has 2 aromatic rings. The van der Waals surface area contributed by atoms with Gasteiger partial charge in [-0.3, -0.25) is 4.79 Å². The molecule has 0 fully saturated rings. The second kappa shape index (κ2) is 8.55. The van der Waals surface area contributed by atoms with Crippen molar-refractivity contribution >= 4 is 39.7 Å². The molecular formula is C16H14BrClN2O3. The first-order chi connectivity index (χ1) is 11.1. The van der Waals surface area contributed by atoms with Crippen molar-refractivity contribution in [1.29, 1.82) is 0 Å². The monoisotopic (exact) mass is 396 g/mol. The Morgan fingerprint density at radius 3 is 2.65 bits per heavy atom. The van der Waals surface area contributed by atoms with Crippen LogP contribution < -0.4 is 14.9 Å². The van der Waals surface area contributed by atoms with E-state index < -0.39 is 0 Å². The average Bonchev–Trinajstić information content (AvgIpc) is 2.56. The van der Waals surface area contributed by atoms with E-state index in [0.717, 1.165) is 10.0 Å². The summed E-state index contributed by atoms with van der Waals surface area (Å²) in [5, 5.41) is 4.50. The average molecular weight is 398 g/mol. The Kier molecular flexibility index (Phi) is 6.43. The maximum Gasteiger partial charge on any atom is 0.277 e. The van der Waals surface area contributed by atoms with E-state index in [1.807, 2.05) is 12.1 Å². The lowest BCUT2D eigenvalue weighted by atomic mass is 10.2. The molecule has 0 radical (unpaired) electrons. The Morgan fingerprint density at radius 2 is 1.96 bits per heavy atom. The minimum Gasteiger partial charge on any atom is -0.497 e. The quantitative estimate of drug-likeness (QED) is 0.598. The van der Waals surface area contributed by atoms with Gasteiger partial charge in [-0.15, -0.1) is 0 Å². The summed E-state index contributed by atoms with van der Waals surface area (Å²) in [6.07, 6.45) is 1.52. The van der Waals surface area contributed by atoms with Gasteiger partial charge >= 0.3 is 0 Å². The summed E-state index contributed by atoms with van der Waals surface area (Å²) in [7, 11) is 1.58. The summed E-state index contributed by atoms with van der Waals surface area (Å²) in [6.45, 7) is -0.141. The van der Waals surface area contributed by atoms with E-state index in [4.69, 9.17) is 21.1 Å². The van der Waals surface area contributed by atoms with E-state index in [2.05, 4.69) is 26.5 Å². The van der Waals surface area contributed by atoms with Crippen molar-refractivity contribution in [1.82, 2.24) is 5.43 Å². The maximum absolute atomic E-state index is 11.7. The van der Waals surface area contributed by atoms with Crippen molar-refractivity contribution < 1.29 is 14.3 Å². The number of ether oxygens (including phenoxy) is 2. The number of carbonyl (C=O) groups excluding carboxylic acids is 1. The van der Waals surface area contributed by atoms with E-state index in [1.165, 1.54) is 6.21 Å². The second-order valence-corrected chi connectivity index (χ2v) is 5.71.